The van der Waals surface area contributed by atoms with Crippen LogP contribution in [0.3, 0.4) is 0 Å². The van der Waals surface area contributed by atoms with Crippen LogP contribution in [0, 0.1) is 6.92 Å². The van der Waals surface area contributed by atoms with Crippen LogP contribution in [-0.2, 0) is 16.1 Å². The van der Waals surface area contributed by atoms with E-state index in [-0.39, 0.29) is 24.5 Å². The SMILES string of the molecule is Cc1cccc2nc(COC(=O)CCCNC(=O)c3ccsc3)cc(=O)n12. The van der Waals surface area contributed by atoms with E-state index in [4.69, 9.17) is 4.74 Å². The standard InChI is InChI=1S/C19H19N3O4S/c1-13-4-2-5-16-21-15(10-17(23)22(13)16)11-26-18(24)6-3-8-20-19(25)14-7-9-27-12-14/h2,4-5,7,9-10,12H,3,6,8,11H2,1H3,(H,20,25). The monoisotopic (exact) mass is 385 g/mol. The molecule has 8 heteroatoms. The molecule has 3 heterocycles. The van der Waals surface area contributed by atoms with Gasteiger partial charge in [0.25, 0.3) is 11.5 Å². The van der Waals surface area contributed by atoms with E-state index in [1.54, 1.807) is 17.5 Å². The fourth-order valence-electron chi connectivity index (χ4n) is 2.59. The van der Waals surface area contributed by atoms with Crippen LogP contribution in [0.5, 0.6) is 0 Å². The van der Waals surface area contributed by atoms with Crippen LogP contribution in [0.1, 0.15) is 34.6 Å². The Balaban J connectivity index is 1.46. The minimum absolute atomic E-state index is 0.0558. The Morgan fingerprint density at radius 2 is 2.15 bits per heavy atom. The third kappa shape index (κ3) is 4.79. The summed E-state index contributed by atoms with van der Waals surface area (Å²) in [5, 5.41) is 6.35. The van der Waals surface area contributed by atoms with E-state index in [1.807, 2.05) is 24.4 Å². The van der Waals surface area contributed by atoms with Crippen molar-refractivity contribution in [2.24, 2.45) is 0 Å². The zero-order valence-corrected chi connectivity index (χ0v) is 15.6. The number of thiophene rings is 1. The summed E-state index contributed by atoms with van der Waals surface area (Å²) in [7, 11) is 0. The van der Waals surface area contributed by atoms with E-state index in [1.165, 1.54) is 21.8 Å². The van der Waals surface area contributed by atoms with Gasteiger partial charge in [0.2, 0.25) is 0 Å². The Kier molecular flexibility index (Phi) is 5.97. The molecule has 0 saturated heterocycles. The summed E-state index contributed by atoms with van der Waals surface area (Å²) in [6, 6.07) is 8.49. The fourth-order valence-corrected chi connectivity index (χ4v) is 3.23. The number of nitrogens with one attached hydrogen (secondary N) is 1. The molecule has 0 atom stereocenters. The van der Waals surface area contributed by atoms with Crippen molar-refractivity contribution >= 4 is 28.9 Å². The number of esters is 1. The predicted molar refractivity (Wildman–Crippen MR) is 102 cm³/mol. The Hall–Kier alpha value is -3.00. The lowest BCUT2D eigenvalue weighted by atomic mass is 10.3. The number of carbonyl (C=O) groups excluding carboxylic acids is 2. The van der Waals surface area contributed by atoms with Gasteiger partial charge in [-0.05, 0) is 36.9 Å². The van der Waals surface area contributed by atoms with Gasteiger partial charge in [0.15, 0.2) is 0 Å². The summed E-state index contributed by atoms with van der Waals surface area (Å²) >= 11 is 1.45. The van der Waals surface area contributed by atoms with Gasteiger partial charge in [-0.15, -0.1) is 0 Å². The lowest BCUT2D eigenvalue weighted by Crippen LogP contribution is -2.24. The molecule has 27 heavy (non-hydrogen) atoms. The molecule has 0 aliphatic rings. The maximum atomic E-state index is 12.2. The molecule has 0 aromatic carbocycles. The van der Waals surface area contributed by atoms with Gasteiger partial charge in [0.1, 0.15) is 12.3 Å². The van der Waals surface area contributed by atoms with Crippen molar-refractivity contribution in [1.29, 1.82) is 0 Å². The molecule has 0 saturated carbocycles. The van der Waals surface area contributed by atoms with Crippen LogP contribution in [0.25, 0.3) is 5.65 Å². The highest BCUT2D eigenvalue weighted by molar-refractivity contribution is 7.08. The average molecular weight is 385 g/mol. The minimum atomic E-state index is -0.397. The zero-order chi connectivity index (χ0) is 19.2. The first-order valence-electron chi connectivity index (χ1n) is 8.49. The number of carbonyl (C=O) groups is 2. The summed E-state index contributed by atoms with van der Waals surface area (Å²) < 4.78 is 6.68. The van der Waals surface area contributed by atoms with Crippen molar-refractivity contribution < 1.29 is 14.3 Å². The highest BCUT2D eigenvalue weighted by Crippen LogP contribution is 2.06. The second-order valence-corrected chi connectivity index (χ2v) is 6.76. The van der Waals surface area contributed by atoms with E-state index in [0.717, 1.165) is 5.69 Å². The number of pyridine rings is 1. The number of amides is 1. The molecule has 3 rings (SSSR count). The molecule has 3 aromatic rings. The summed E-state index contributed by atoms with van der Waals surface area (Å²) in [4.78, 5) is 40.1. The smallest absolute Gasteiger partial charge is 0.306 e. The molecule has 1 N–H and O–H groups in total. The summed E-state index contributed by atoms with van der Waals surface area (Å²) in [5.41, 5.74) is 2.12. The van der Waals surface area contributed by atoms with E-state index in [2.05, 4.69) is 10.3 Å². The molecule has 1 amide bonds. The number of hydrogen-bond acceptors (Lipinski definition) is 6. The van der Waals surface area contributed by atoms with Crippen LogP contribution in [0.15, 0.2) is 45.9 Å². The number of nitrogens with zero attached hydrogens (tertiary/aromatic N) is 2. The van der Waals surface area contributed by atoms with Crippen LogP contribution in [0.2, 0.25) is 0 Å². The van der Waals surface area contributed by atoms with Gasteiger partial charge < -0.3 is 10.1 Å². The molecule has 7 nitrogen and oxygen atoms in total. The van der Waals surface area contributed by atoms with E-state index in [9.17, 15) is 14.4 Å². The first kappa shape index (κ1) is 18.8. The van der Waals surface area contributed by atoms with Crippen LogP contribution in [0.4, 0.5) is 0 Å². The molecule has 3 aromatic heterocycles. The van der Waals surface area contributed by atoms with Gasteiger partial charge >= 0.3 is 5.97 Å². The molecule has 0 fully saturated rings. The second kappa shape index (κ2) is 8.59. The zero-order valence-electron chi connectivity index (χ0n) is 14.8. The van der Waals surface area contributed by atoms with Crippen molar-refractivity contribution in [1.82, 2.24) is 14.7 Å². The Bertz CT molecular complexity index is 1010. The maximum Gasteiger partial charge on any atom is 0.306 e. The van der Waals surface area contributed by atoms with Gasteiger partial charge in [-0.1, -0.05) is 6.07 Å². The van der Waals surface area contributed by atoms with E-state index >= 15 is 0 Å². The predicted octanol–water partition coefficient (Wildman–Crippen LogP) is 2.32. The Morgan fingerprint density at radius 3 is 2.93 bits per heavy atom. The van der Waals surface area contributed by atoms with E-state index < -0.39 is 5.97 Å². The lowest BCUT2D eigenvalue weighted by Gasteiger charge is -2.08. The van der Waals surface area contributed by atoms with Crippen molar-refractivity contribution in [2.45, 2.75) is 26.4 Å². The van der Waals surface area contributed by atoms with Crippen LogP contribution < -0.4 is 10.9 Å². The molecular formula is C19H19N3O4S. The second-order valence-electron chi connectivity index (χ2n) is 5.98. The normalized spacial score (nSPS) is 10.7. The Labute approximate surface area is 159 Å². The molecule has 0 bridgehead atoms. The van der Waals surface area contributed by atoms with Gasteiger partial charge in [0.05, 0.1) is 5.69 Å². The molecule has 0 unspecified atom stereocenters. The summed E-state index contributed by atoms with van der Waals surface area (Å²) in [6.07, 6.45) is 0.650. The summed E-state index contributed by atoms with van der Waals surface area (Å²) in [6.45, 7) is 2.16. The molecule has 140 valence electrons. The molecule has 0 radical (unpaired) electrons. The van der Waals surface area contributed by atoms with E-state index in [0.29, 0.717) is 29.9 Å². The average Bonchev–Trinajstić information content (AvgIpc) is 3.18. The topological polar surface area (TPSA) is 89.8 Å². The quantitative estimate of drug-likeness (QED) is 0.498. The van der Waals surface area contributed by atoms with Gasteiger partial charge in [-0.2, -0.15) is 11.3 Å². The minimum Gasteiger partial charge on any atom is -0.459 e. The fraction of sp³-hybridized carbons (Fsp3) is 0.263. The van der Waals surface area contributed by atoms with Crippen molar-refractivity contribution in [3.8, 4) is 0 Å². The van der Waals surface area contributed by atoms with Gasteiger partial charge in [-0.25, -0.2) is 4.98 Å². The number of aryl methyl sites for hydroxylation is 1. The first-order chi connectivity index (χ1) is 13.0. The molecular weight excluding hydrogens is 366 g/mol. The number of hydrogen-bond donors (Lipinski definition) is 1. The van der Waals surface area contributed by atoms with Crippen molar-refractivity contribution in [3.05, 3.63) is 68.4 Å². The maximum absolute atomic E-state index is 12.2. The number of rotatable bonds is 7. The molecule has 0 spiro atoms. The van der Waals surface area contributed by atoms with Crippen LogP contribution >= 0.6 is 11.3 Å². The first-order valence-corrected chi connectivity index (χ1v) is 9.43. The van der Waals surface area contributed by atoms with Gasteiger partial charge in [-0.3, -0.25) is 18.8 Å². The summed E-state index contributed by atoms with van der Waals surface area (Å²) in [5.74, 6) is -0.549. The Morgan fingerprint density at radius 1 is 1.30 bits per heavy atom. The third-order valence-corrected chi connectivity index (χ3v) is 4.62. The number of fused-ring (bicyclic) bond motifs is 1. The molecule has 0 aliphatic heterocycles. The van der Waals surface area contributed by atoms with Crippen LogP contribution in [-0.4, -0.2) is 27.8 Å². The molecule has 0 aliphatic carbocycles. The highest BCUT2D eigenvalue weighted by Gasteiger charge is 2.09. The van der Waals surface area contributed by atoms with Crippen molar-refractivity contribution in [3.63, 3.8) is 0 Å². The highest BCUT2D eigenvalue weighted by atomic mass is 32.1. The largest absolute Gasteiger partial charge is 0.459 e. The third-order valence-electron chi connectivity index (χ3n) is 3.94. The van der Waals surface area contributed by atoms with Gasteiger partial charge in [0, 0.05) is 35.7 Å². The number of aromatic nitrogens is 2. The number of ether oxygens (including phenoxy) is 1. The van der Waals surface area contributed by atoms with Crippen molar-refractivity contribution in [2.75, 3.05) is 6.54 Å². The lowest BCUT2D eigenvalue weighted by molar-refractivity contribution is -0.145.